The Labute approximate surface area is 170 Å². The number of hydrogen-bond acceptors (Lipinski definition) is 3. The summed E-state index contributed by atoms with van der Waals surface area (Å²) in [5.74, 6) is 0.714. The van der Waals surface area contributed by atoms with Crippen molar-refractivity contribution in [3.8, 4) is 5.75 Å². The molecule has 1 atom stereocenters. The maximum atomic E-state index is 13.1. The van der Waals surface area contributed by atoms with E-state index in [1.807, 2.05) is 61.7 Å². The topological polar surface area (TPSA) is 71.2 Å². The number of aromatic nitrogens is 1. The van der Waals surface area contributed by atoms with Crippen LogP contribution in [0.25, 0.3) is 10.9 Å². The summed E-state index contributed by atoms with van der Waals surface area (Å²) in [5.41, 5.74) is 3.61. The largest absolute Gasteiger partial charge is 0.497 e. The highest BCUT2D eigenvalue weighted by Gasteiger charge is 2.25. The number of benzene rings is 3. The van der Waals surface area contributed by atoms with Crippen LogP contribution in [-0.4, -0.2) is 20.5 Å². The van der Waals surface area contributed by atoms with E-state index in [1.54, 1.807) is 31.4 Å². The highest BCUT2D eigenvalue weighted by atomic mass is 32.2. The molecular formula is C23H22N2O3S. The lowest BCUT2D eigenvalue weighted by atomic mass is 9.99. The Hall–Kier alpha value is -3.09. The Morgan fingerprint density at radius 2 is 1.69 bits per heavy atom. The van der Waals surface area contributed by atoms with Crippen molar-refractivity contribution in [2.24, 2.45) is 0 Å². The van der Waals surface area contributed by atoms with Gasteiger partial charge in [-0.25, -0.2) is 8.42 Å². The highest BCUT2D eigenvalue weighted by molar-refractivity contribution is 7.89. The van der Waals surface area contributed by atoms with Gasteiger partial charge in [0.1, 0.15) is 5.75 Å². The number of H-pyrrole nitrogens is 1. The maximum absolute atomic E-state index is 13.1. The van der Waals surface area contributed by atoms with E-state index in [4.69, 9.17) is 4.74 Å². The molecule has 6 heteroatoms. The number of aromatic amines is 1. The van der Waals surface area contributed by atoms with E-state index < -0.39 is 16.1 Å². The first kappa shape index (κ1) is 19.2. The predicted octanol–water partition coefficient (Wildman–Crippen LogP) is 4.55. The van der Waals surface area contributed by atoms with E-state index in [0.717, 1.165) is 27.6 Å². The molecular weight excluding hydrogens is 384 g/mol. The molecule has 1 heterocycles. The van der Waals surface area contributed by atoms with Gasteiger partial charge in [0.25, 0.3) is 0 Å². The normalized spacial score (nSPS) is 12.8. The van der Waals surface area contributed by atoms with Gasteiger partial charge in [0, 0.05) is 17.1 Å². The fourth-order valence-electron chi connectivity index (χ4n) is 3.38. The third kappa shape index (κ3) is 3.90. The van der Waals surface area contributed by atoms with Gasteiger partial charge in [-0.1, -0.05) is 48.0 Å². The van der Waals surface area contributed by atoms with Crippen molar-refractivity contribution in [1.29, 1.82) is 0 Å². The first-order valence-electron chi connectivity index (χ1n) is 9.27. The fraction of sp³-hybridized carbons (Fsp3) is 0.130. The molecule has 1 aromatic heterocycles. The molecule has 0 spiro atoms. The minimum Gasteiger partial charge on any atom is -0.497 e. The van der Waals surface area contributed by atoms with Crippen LogP contribution in [0.15, 0.2) is 83.9 Å². The zero-order valence-electron chi connectivity index (χ0n) is 16.2. The van der Waals surface area contributed by atoms with Gasteiger partial charge in [0.05, 0.1) is 18.0 Å². The molecule has 2 N–H and O–H groups in total. The van der Waals surface area contributed by atoms with Crippen molar-refractivity contribution in [2.45, 2.75) is 17.9 Å². The van der Waals surface area contributed by atoms with Crippen LogP contribution in [0.2, 0.25) is 0 Å². The summed E-state index contributed by atoms with van der Waals surface area (Å²) in [6.45, 7) is 1.93. The van der Waals surface area contributed by atoms with Crippen molar-refractivity contribution >= 4 is 20.9 Å². The van der Waals surface area contributed by atoms with Gasteiger partial charge >= 0.3 is 0 Å². The summed E-state index contributed by atoms with van der Waals surface area (Å²) in [5, 5.41) is 0.907. The van der Waals surface area contributed by atoms with Crippen LogP contribution < -0.4 is 9.46 Å². The predicted molar refractivity (Wildman–Crippen MR) is 115 cm³/mol. The summed E-state index contributed by atoms with van der Waals surface area (Å²) in [6, 6.07) is 21.5. The second kappa shape index (κ2) is 7.73. The summed E-state index contributed by atoms with van der Waals surface area (Å²) in [6.07, 6.45) is 1.85. The van der Waals surface area contributed by atoms with Crippen LogP contribution in [0.1, 0.15) is 22.7 Å². The van der Waals surface area contributed by atoms with Crippen molar-refractivity contribution in [1.82, 2.24) is 9.71 Å². The van der Waals surface area contributed by atoms with E-state index in [2.05, 4.69) is 9.71 Å². The van der Waals surface area contributed by atoms with Crippen LogP contribution in [0.5, 0.6) is 5.75 Å². The first-order chi connectivity index (χ1) is 14.0. The van der Waals surface area contributed by atoms with Gasteiger partial charge in [-0.05, 0) is 48.4 Å². The van der Waals surface area contributed by atoms with E-state index in [-0.39, 0.29) is 4.90 Å². The van der Waals surface area contributed by atoms with Crippen LogP contribution in [-0.2, 0) is 10.0 Å². The van der Waals surface area contributed by atoms with Crippen molar-refractivity contribution in [3.63, 3.8) is 0 Å². The lowest BCUT2D eigenvalue weighted by Crippen LogP contribution is -2.29. The molecule has 0 aliphatic heterocycles. The van der Waals surface area contributed by atoms with Crippen LogP contribution >= 0.6 is 0 Å². The Morgan fingerprint density at radius 1 is 0.966 bits per heavy atom. The van der Waals surface area contributed by atoms with E-state index in [1.165, 1.54) is 0 Å². The minimum absolute atomic E-state index is 0.237. The van der Waals surface area contributed by atoms with Gasteiger partial charge < -0.3 is 9.72 Å². The van der Waals surface area contributed by atoms with Crippen LogP contribution in [0, 0.1) is 6.92 Å². The number of aryl methyl sites for hydroxylation is 1. The second-order valence-electron chi connectivity index (χ2n) is 6.93. The Bertz CT molecular complexity index is 1230. The number of nitrogens with one attached hydrogen (secondary N) is 2. The molecule has 4 rings (SSSR count). The van der Waals surface area contributed by atoms with Crippen LogP contribution in [0.3, 0.4) is 0 Å². The number of rotatable bonds is 6. The smallest absolute Gasteiger partial charge is 0.241 e. The molecule has 0 radical (unpaired) electrons. The molecule has 0 bridgehead atoms. The van der Waals surface area contributed by atoms with Crippen LogP contribution in [0.4, 0.5) is 0 Å². The van der Waals surface area contributed by atoms with Gasteiger partial charge in [-0.3, -0.25) is 0 Å². The maximum Gasteiger partial charge on any atom is 0.241 e. The number of hydrogen-bond donors (Lipinski definition) is 2. The highest BCUT2D eigenvalue weighted by Crippen LogP contribution is 2.32. The Morgan fingerprint density at radius 3 is 2.38 bits per heavy atom. The van der Waals surface area contributed by atoms with Crippen molar-refractivity contribution in [2.75, 3.05) is 7.11 Å². The number of fused-ring (bicyclic) bond motifs is 1. The van der Waals surface area contributed by atoms with Gasteiger partial charge in [-0.15, -0.1) is 0 Å². The SMILES string of the molecule is COc1ccc2[nH]cc([C@H](NS(=O)(=O)c3ccc(C)cc3)c3ccccc3)c2c1. The molecule has 0 saturated carbocycles. The molecule has 0 aliphatic carbocycles. The third-order valence-electron chi connectivity index (χ3n) is 4.97. The molecule has 5 nitrogen and oxygen atoms in total. The van der Waals surface area contributed by atoms with E-state index >= 15 is 0 Å². The first-order valence-corrected chi connectivity index (χ1v) is 10.8. The Kier molecular flexibility index (Phi) is 5.13. The fourth-order valence-corrected chi connectivity index (χ4v) is 4.59. The summed E-state index contributed by atoms with van der Waals surface area (Å²) < 4.78 is 34.5. The molecule has 3 aromatic carbocycles. The summed E-state index contributed by atoms with van der Waals surface area (Å²) >= 11 is 0. The standard InChI is InChI=1S/C23H22N2O3S/c1-16-8-11-19(12-9-16)29(26,27)25-23(17-6-4-3-5-7-17)21-15-24-22-13-10-18(28-2)14-20(21)22/h3-15,23-25H,1-2H3/t23-/m1/s1. The molecule has 29 heavy (non-hydrogen) atoms. The average Bonchev–Trinajstić information content (AvgIpc) is 3.16. The lowest BCUT2D eigenvalue weighted by Gasteiger charge is -2.19. The van der Waals surface area contributed by atoms with Gasteiger partial charge in [-0.2, -0.15) is 4.72 Å². The number of ether oxygens (including phenoxy) is 1. The Balaban J connectivity index is 1.82. The molecule has 0 aliphatic rings. The van der Waals surface area contributed by atoms with E-state index in [0.29, 0.717) is 5.75 Å². The molecule has 4 aromatic rings. The monoisotopic (exact) mass is 406 g/mol. The molecule has 0 saturated heterocycles. The molecule has 0 unspecified atom stereocenters. The van der Waals surface area contributed by atoms with Gasteiger partial charge in [0.15, 0.2) is 0 Å². The van der Waals surface area contributed by atoms with Crippen molar-refractivity contribution < 1.29 is 13.2 Å². The zero-order chi connectivity index (χ0) is 20.4. The second-order valence-corrected chi connectivity index (χ2v) is 8.65. The van der Waals surface area contributed by atoms with Gasteiger partial charge in [0.2, 0.25) is 10.0 Å². The summed E-state index contributed by atoms with van der Waals surface area (Å²) in [4.78, 5) is 3.47. The number of sulfonamides is 1. The molecule has 0 amide bonds. The average molecular weight is 407 g/mol. The van der Waals surface area contributed by atoms with Crippen molar-refractivity contribution in [3.05, 3.63) is 95.7 Å². The quantitative estimate of drug-likeness (QED) is 0.493. The zero-order valence-corrected chi connectivity index (χ0v) is 17.0. The minimum atomic E-state index is -3.73. The summed E-state index contributed by atoms with van der Waals surface area (Å²) in [7, 11) is -2.12. The lowest BCUT2D eigenvalue weighted by molar-refractivity contribution is 0.415. The molecule has 0 fully saturated rings. The molecule has 148 valence electrons. The number of methoxy groups -OCH3 is 1. The third-order valence-corrected chi connectivity index (χ3v) is 6.41. The van der Waals surface area contributed by atoms with E-state index in [9.17, 15) is 8.42 Å².